The van der Waals surface area contributed by atoms with E-state index in [-0.39, 0.29) is 18.3 Å². The maximum absolute atomic E-state index is 11.5. The van der Waals surface area contributed by atoms with Crippen LogP contribution in [0.1, 0.15) is 24.5 Å². The Bertz CT molecular complexity index is 499. The van der Waals surface area contributed by atoms with Gasteiger partial charge in [0, 0.05) is 16.0 Å². The van der Waals surface area contributed by atoms with Gasteiger partial charge in [-0.3, -0.25) is 4.79 Å². The summed E-state index contributed by atoms with van der Waals surface area (Å²) in [6, 6.07) is 5.74. The quantitative estimate of drug-likeness (QED) is 0.530. The summed E-state index contributed by atoms with van der Waals surface area (Å²) in [5.74, 6) is -0.365. The zero-order valence-corrected chi connectivity index (χ0v) is 11.6. The molecule has 0 heterocycles. The molecule has 1 aromatic rings. The van der Waals surface area contributed by atoms with E-state index in [2.05, 4.69) is 21.1 Å². The summed E-state index contributed by atoms with van der Waals surface area (Å²) in [4.78, 5) is 11.5. The second kappa shape index (κ2) is 5.52. The van der Waals surface area contributed by atoms with Crippen LogP contribution < -0.4 is 0 Å². The molecule has 5 heteroatoms. The number of ether oxygens (including phenoxy) is 1. The van der Waals surface area contributed by atoms with Gasteiger partial charge in [0.25, 0.3) is 0 Å². The van der Waals surface area contributed by atoms with E-state index in [1.807, 2.05) is 18.2 Å². The Kier molecular flexibility index (Phi) is 4.01. The van der Waals surface area contributed by atoms with Gasteiger partial charge in [0.05, 0.1) is 18.7 Å². The van der Waals surface area contributed by atoms with Crippen LogP contribution >= 0.6 is 15.9 Å². The maximum Gasteiger partial charge on any atom is 0.306 e. The molecule has 1 unspecified atom stereocenters. The molecule has 1 aliphatic rings. The van der Waals surface area contributed by atoms with Gasteiger partial charge in [0.1, 0.15) is 0 Å². The zero-order valence-electron chi connectivity index (χ0n) is 10.0. The fraction of sp³-hybridized carbons (Fsp3) is 0.385. The lowest BCUT2D eigenvalue weighted by Crippen LogP contribution is -2.17. The number of hydrogen-bond acceptors (Lipinski definition) is 4. The highest BCUT2D eigenvalue weighted by molar-refractivity contribution is 9.10. The largest absolute Gasteiger partial charge is 0.466 e. The number of rotatable bonds is 3. The standard InChI is InChI=1S/C13H14BrNO3/c1-2-18-12(16)7-8-6-10-9(13(8)15-17)4-3-5-11(10)14/h3-5,8,17H,2,6-7H2,1H3/b15-13-. The van der Waals surface area contributed by atoms with E-state index >= 15 is 0 Å². The van der Waals surface area contributed by atoms with E-state index in [1.165, 1.54) is 0 Å². The first-order valence-corrected chi connectivity index (χ1v) is 6.62. The first-order chi connectivity index (χ1) is 8.67. The number of esters is 1. The number of fused-ring (bicyclic) bond motifs is 1. The Hall–Kier alpha value is -1.36. The predicted molar refractivity (Wildman–Crippen MR) is 70.9 cm³/mol. The van der Waals surface area contributed by atoms with Crippen molar-refractivity contribution in [3.8, 4) is 0 Å². The summed E-state index contributed by atoms with van der Waals surface area (Å²) < 4.78 is 5.92. The molecule has 0 radical (unpaired) electrons. The normalized spacial score (nSPS) is 19.9. The number of benzene rings is 1. The molecule has 1 atom stereocenters. The molecule has 18 heavy (non-hydrogen) atoms. The molecule has 0 saturated carbocycles. The number of oxime groups is 1. The highest BCUT2D eigenvalue weighted by Crippen LogP contribution is 2.34. The number of hydrogen-bond donors (Lipinski definition) is 1. The molecule has 0 fully saturated rings. The third kappa shape index (κ3) is 2.41. The molecule has 4 nitrogen and oxygen atoms in total. The Labute approximate surface area is 114 Å². The van der Waals surface area contributed by atoms with Gasteiger partial charge in [0.2, 0.25) is 0 Å². The fourth-order valence-corrected chi connectivity index (χ4v) is 2.82. The van der Waals surface area contributed by atoms with Gasteiger partial charge in [0.15, 0.2) is 0 Å². The molecule has 2 rings (SSSR count). The SMILES string of the molecule is CCOC(=O)CC1Cc2c(Br)cccc2/C1=N\O. The van der Waals surface area contributed by atoms with Crippen molar-refractivity contribution >= 4 is 27.6 Å². The van der Waals surface area contributed by atoms with Crippen LogP contribution in [0.15, 0.2) is 27.8 Å². The first-order valence-electron chi connectivity index (χ1n) is 5.82. The molecule has 0 aliphatic heterocycles. The second-order valence-electron chi connectivity index (χ2n) is 4.16. The van der Waals surface area contributed by atoms with Crippen LogP contribution in [0.25, 0.3) is 0 Å². The van der Waals surface area contributed by atoms with Crippen LogP contribution in [-0.2, 0) is 16.0 Å². The van der Waals surface area contributed by atoms with Crippen molar-refractivity contribution < 1.29 is 14.7 Å². The highest BCUT2D eigenvalue weighted by atomic mass is 79.9. The van der Waals surface area contributed by atoms with E-state index < -0.39 is 0 Å². The second-order valence-corrected chi connectivity index (χ2v) is 5.02. The topological polar surface area (TPSA) is 58.9 Å². The van der Waals surface area contributed by atoms with Gasteiger partial charge < -0.3 is 9.94 Å². The van der Waals surface area contributed by atoms with Crippen LogP contribution in [0.4, 0.5) is 0 Å². The van der Waals surface area contributed by atoms with Crippen LogP contribution in [0.2, 0.25) is 0 Å². The van der Waals surface area contributed by atoms with Gasteiger partial charge in [-0.05, 0) is 25.0 Å². The van der Waals surface area contributed by atoms with Gasteiger partial charge in [-0.25, -0.2) is 0 Å². The third-order valence-electron chi connectivity index (χ3n) is 3.06. The van der Waals surface area contributed by atoms with Gasteiger partial charge in [-0.2, -0.15) is 0 Å². The van der Waals surface area contributed by atoms with E-state index in [9.17, 15) is 4.79 Å². The van der Waals surface area contributed by atoms with Crippen LogP contribution in [-0.4, -0.2) is 23.5 Å². The van der Waals surface area contributed by atoms with Crippen molar-refractivity contribution in [1.82, 2.24) is 0 Å². The lowest BCUT2D eigenvalue weighted by Gasteiger charge is -2.08. The summed E-state index contributed by atoms with van der Waals surface area (Å²) in [6.45, 7) is 2.15. The molecule has 0 bridgehead atoms. The molecule has 96 valence electrons. The number of halogens is 1. The predicted octanol–water partition coefficient (Wildman–Crippen LogP) is 2.75. The van der Waals surface area contributed by atoms with Crippen LogP contribution in [0.5, 0.6) is 0 Å². The monoisotopic (exact) mass is 311 g/mol. The lowest BCUT2D eigenvalue weighted by atomic mass is 10.0. The van der Waals surface area contributed by atoms with E-state index in [1.54, 1.807) is 6.92 Å². The highest BCUT2D eigenvalue weighted by Gasteiger charge is 2.32. The molecule has 1 aliphatic carbocycles. The number of carbonyl (C=O) groups excluding carboxylic acids is 1. The number of nitrogens with zero attached hydrogens (tertiary/aromatic N) is 1. The summed E-state index contributed by atoms with van der Waals surface area (Å²) in [6.07, 6.45) is 0.934. The van der Waals surface area contributed by atoms with Crippen LogP contribution in [0.3, 0.4) is 0 Å². The number of carbonyl (C=O) groups is 1. The van der Waals surface area contributed by atoms with Crippen molar-refractivity contribution in [2.75, 3.05) is 6.61 Å². The molecule has 1 aromatic carbocycles. The Morgan fingerprint density at radius 2 is 2.39 bits per heavy atom. The minimum atomic E-state index is -0.257. The Morgan fingerprint density at radius 3 is 3.06 bits per heavy atom. The average Bonchev–Trinajstić information content (AvgIpc) is 2.68. The van der Waals surface area contributed by atoms with Crippen molar-refractivity contribution in [3.05, 3.63) is 33.8 Å². The van der Waals surface area contributed by atoms with Gasteiger partial charge >= 0.3 is 5.97 Å². The molecule has 1 N–H and O–H groups in total. The zero-order chi connectivity index (χ0) is 13.1. The lowest BCUT2D eigenvalue weighted by molar-refractivity contribution is -0.143. The molecular formula is C13H14BrNO3. The maximum atomic E-state index is 11.5. The molecule has 0 aromatic heterocycles. The van der Waals surface area contributed by atoms with Crippen molar-refractivity contribution in [3.63, 3.8) is 0 Å². The van der Waals surface area contributed by atoms with Crippen molar-refractivity contribution in [2.24, 2.45) is 11.1 Å². The molecular weight excluding hydrogens is 298 g/mol. The smallest absolute Gasteiger partial charge is 0.306 e. The first kappa shape index (κ1) is 13.1. The van der Waals surface area contributed by atoms with Crippen LogP contribution in [0, 0.1) is 5.92 Å². The van der Waals surface area contributed by atoms with E-state index in [0.29, 0.717) is 18.7 Å². The molecule has 0 amide bonds. The van der Waals surface area contributed by atoms with Gasteiger partial charge in [-0.15, -0.1) is 0 Å². The summed E-state index contributed by atoms with van der Waals surface area (Å²) in [5.41, 5.74) is 2.56. The van der Waals surface area contributed by atoms with Crippen molar-refractivity contribution in [2.45, 2.75) is 19.8 Å². The van der Waals surface area contributed by atoms with Crippen molar-refractivity contribution in [1.29, 1.82) is 0 Å². The van der Waals surface area contributed by atoms with E-state index in [4.69, 9.17) is 9.94 Å². The summed E-state index contributed by atoms with van der Waals surface area (Å²) in [5, 5.41) is 12.5. The minimum absolute atomic E-state index is 0.109. The molecule has 0 saturated heterocycles. The molecule has 0 spiro atoms. The minimum Gasteiger partial charge on any atom is -0.466 e. The van der Waals surface area contributed by atoms with Gasteiger partial charge in [-0.1, -0.05) is 33.2 Å². The fourth-order valence-electron chi connectivity index (χ4n) is 2.29. The summed E-state index contributed by atoms with van der Waals surface area (Å²) >= 11 is 3.48. The average molecular weight is 312 g/mol. The summed E-state index contributed by atoms with van der Waals surface area (Å²) in [7, 11) is 0. The van der Waals surface area contributed by atoms with E-state index in [0.717, 1.165) is 15.6 Å². The Balaban J connectivity index is 2.23. The third-order valence-corrected chi connectivity index (χ3v) is 3.80. The Morgan fingerprint density at radius 1 is 1.61 bits per heavy atom.